The van der Waals surface area contributed by atoms with E-state index in [0.29, 0.717) is 34.1 Å². The maximum Gasteiger partial charge on any atom is 0.264 e. The number of nitrogens with one attached hydrogen (secondary N) is 1. The van der Waals surface area contributed by atoms with Crippen molar-refractivity contribution in [3.63, 3.8) is 0 Å². The molecule has 0 bridgehead atoms. The van der Waals surface area contributed by atoms with Crippen LogP contribution in [0.1, 0.15) is 50.3 Å². The number of likely N-dealkylation sites (tertiary alicyclic amines) is 1. The minimum absolute atomic E-state index is 0.0520. The highest BCUT2D eigenvalue weighted by Gasteiger charge is 2.29. The van der Waals surface area contributed by atoms with Crippen LogP contribution in [-0.2, 0) is 4.79 Å². The fraction of sp³-hybridized carbons (Fsp3) is 0.560. The van der Waals surface area contributed by atoms with Gasteiger partial charge in [-0.2, -0.15) is 0 Å². The molecular formula is C25H31ClN4O3. The Labute approximate surface area is 198 Å². The number of aromatic nitrogens is 2. The number of nitrogens with zero attached hydrogens (tertiary/aromatic N) is 3. The molecule has 1 aliphatic heterocycles. The number of pyridine rings is 1. The van der Waals surface area contributed by atoms with Crippen LogP contribution in [0.25, 0.3) is 21.8 Å². The van der Waals surface area contributed by atoms with Crippen LogP contribution in [0.3, 0.4) is 0 Å². The van der Waals surface area contributed by atoms with Gasteiger partial charge in [0.15, 0.2) is 0 Å². The summed E-state index contributed by atoms with van der Waals surface area (Å²) in [6.45, 7) is 4.40. The van der Waals surface area contributed by atoms with E-state index in [0.717, 1.165) is 62.5 Å². The van der Waals surface area contributed by atoms with E-state index in [2.05, 4.69) is 22.4 Å². The lowest BCUT2D eigenvalue weighted by Gasteiger charge is -2.32. The second kappa shape index (κ2) is 9.11. The van der Waals surface area contributed by atoms with E-state index < -0.39 is 0 Å². The molecule has 8 heteroatoms. The molecule has 7 nitrogen and oxygen atoms in total. The van der Waals surface area contributed by atoms with Crippen LogP contribution in [-0.4, -0.2) is 47.2 Å². The summed E-state index contributed by atoms with van der Waals surface area (Å²) in [6.07, 6.45) is 5.72. The normalized spacial score (nSPS) is 22.8. The van der Waals surface area contributed by atoms with Crippen molar-refractivity contribution >= 4 is 39.3 Å². The Bertz CT molecular complexity index is 1240. The molecule has 2 aromatic heterocycles. The zero-order valence-electron chi connectivity index (χ0n) is 19.3. The predicted octanol–water partition coefficient (Wildman–Crippen LogP) is 4.29. The number of hydrogen-bond donors (Lipinski definition) is 1. The van der Waals surface area contributed by atoms with Crippen molar-refractivity contribution in [2.75, 3.05) is 26.7 Å². The summed E-state index contributed by atoms with van der Waals surface area (Å²) in [7, 11) is 2.10. The fourth-order valence-corrected chi connectivity index (χ4v) is 5.94. The van der Waals surface area contributed by atoms with Crippen molar-refractivity contribution in [3.8, 4) is 0 Å². The van der Waals surface area contributed by atoms with Gasteiger partial charge in [-0.05, 0) is 77.2 Å². The summed E-state index contributed by atoms with van der Waals surface area (Å²) in [5, 5.41) is 9.20. The number of hydrogen-bond acceptors (Lipinski definition) is 5. The van der Waals surface area contributed by atoms with E-state index in [1.807, 2.05) is 22.8 Å². The smallest absolute Gasteiger partial charge is 0.264 e. The SMILES string of the molecule is Cc1onc2c1c(=O)n([C@H]1CCC[C@@H](CNC(=O)C3CCN(C)CC3)C1)c1cccc(Cl)c21. The van der Waals surface area contributed by atoms with Crippen LogP contribution in [0.5, 0.6) is 0 Å². The highest BCUT2D eigenvalue weighted by molar-refractivity contribution is 6.37. The Hall–Kier alpha value is -2.38. The number of carbonyl (C=O) groups excluding carboxylic acids is 1. The molecule has 0 unspecified atom stereocenters. The van der Waals surface area contributed by atoms with Crippen LogP contribution in [0.15, 0.2) is 27.5 Å². The van der Waals surface area contributed by atoms with Crippen LogP contribution >= 0.6 is 11.6 Å². The average molecular weight is 471 g/mol. The lowest BCUT2D eigenvalue weighted by molar-refractivity contribution is -0.126. The Morgan fingerprint density at radius 1 is 1.21 bits per heavy atom. The van der Waals surface area contributed by atoms with Crippen LogP contribution in [0.2, 0.25) is 5.02 Å². The van der Waals surface area contributed by atoms with Gasteiger partial charge in [-0.15, -0.1) is 0 Å². The van der Waals surface area contributed by atoms with E-state index in [9.17, 15) is 9.59 Å². The fourth-order valence-electron chi connectivity index (χ4n) is 5.68. The molecule has 176 valence electrons. The van der Waals surface area contributed by atoms with Crippen LogP contribution in [0.4, 0.5) is 0 Å². The standard InChI is InChI=1S/C25H31ClN4O3/c1-15-21-23(28-33-15)22-19(26)7-4-8-20(22)30(25(21)32)18-6-3-5-16(13-18)14-27-24(31)17-9-11-29(2)12-10-17/h4,7-8,16-18H,3,5-6,9-14H2,1-2H3,(H,27,31)/t16-,18+/m1/s1. The van der Waals surface area contributed by atoms with Gasteiger partial charge in [0.25, 0.3) is 5.56 Å². The van der Waals surface area contributed by atoms with Gasteiger partial charge in [0.1, 0.15) is 16.7 Å². The Kier molecular flexibility index (Phi) is 6.18. The molecule has 5 rings (SSSR count). The summed E-state index contributed by atoms with van der Waals surface area (Å²) in [5.41, 5.74) is 1.26. The quantitative estimate of drug-likeness (QED) is 0.615. The molecule has 3 aromatic rings. The third-order valence-electron chi connectivity index (χ3n) is 7.56. The first-order valence-corrected chi connectivity index (χ1v) is 12.4. The Morgan fingerprint density at radius 3 is 2.79 bits per heavy atom. The molecule has 0 radical (unpaired) electrons. The topological polar surface area (TPSA) is 80.4 Å². The minimum Gasteiger partial charge on any atom is -0.360 e. The molecule has 1 aliphatic carbocycles. The molecule has 33 heavy (non-hydrogen) atoms. The first-order chi connectivity index (χ1) is 15.9. The van der Waals surface area contributed by atoms with Gasteiger partial charge in [0.2, 0.25) is 5.91 Å². The summed E-state index contributed by atoms with van der Waals surface area (Å²) < 4.78 is 7.28. The molecule has 1 saturated carbocycles. The Morgan fingerprint density at radius 2 is 2.00 bits per heavy atom. The maximum atomic E-state index is 13.6. The van der Waals surface area contributed by atoms with Crippen molar-refractivity contribution in [1.29, 1.82) is 0 Å². The third kappa shape index (κ3) is 4.17. The molecule has 2 fully saturated rings. The average Bonchev–Trinajstić information content (AvgIpc) is 3.20. The number of rotatable bonds is 4. The van der Waals surface area contributed by atoms with Gasteiger partial charge in [0, 0.05) is 23.9 Å². The monoisotopic (exact) mass is 470 g/mol. The predicted molar refractivity (Wildman–Crippen MR) is 130 cm³/mol. The molecule has 1 aromatic carbocycles. The third-order valence-corrected chi connectivity index (χ3v) is 7.87. The van der Waals surface area contributed by atoms with Crippen molar-refractivity contribution < 1.29 is 9.32 Å². The number of halogens is 1. The number of fused-ring (bicyclic) bond motifs is 3. The van der Waals surface area contributed by atoms with Crippen molar-refractivity contribution in [3.05, 3.63) is 39.3 Å². The molecule has 3 heterocycles. The lowest BCUT2D eigenvalue weighted by atomic mass is 9.85. The Balaban J connectivity index is 1.39. The summed E-state index contributed by atoms with van der Waals surface area (Å²) in [5.74, 6) is 1.16. The molecule has 1 amide bonds. The van der Waals surface area contributed by atoms with E-state index in [-0.39, 0.29) is 23.4 Å². The number of aryl methyl sites for hydroxylation is 1. The molecule has 1 N–H and O–H groups in total. The van der Waals surface area contributed by atoms with Crippen molar-refractivity contribution in [1.82, 2.24) is 19.9 Å². The molecule has 2 aliphatic rings. The zero-order chi connectivity index (χ0) is 23.1. The van der Waals surface area contributed by atoms with E-state index in [4.69, 9.17) is 16.1 Å². The second-order valence-corrected chi connectivity index (χ2v) is 10.2. The van der Waals surface area contributed by atoms with Gasteiger partial charge in [-0.1, -0.05) is 29.2 Å². The van der Waals surface area contributed by atoms with E-state index in [1.165, 1.54) is 0 Å². The summed E-state index contributed by atoms with van der Waals surface area (Å²) >= 11 is 6.56. The van der Waals surface area contributed by atoms with E-state index >= 15 is 0 Å². The van der Waals surface area contributed by atoms with Crippen molar-refractivity contribution in [2.24, 2.45) is 11.8 Å². The van der Waals surface area contributed by atoms with Gasteiger partial charge < -0.3 is 19.3 Å². The van der Waals surface area contributed by atoms with Gasteiger partial charge in [-0.25, -0.2) is 0 Å². The number of carbonyl (C=O) groups is 1. The van der Waals surface area contributed by atoms with Gasteiger partial charge in [0.05, 0.1) is 10.5 Å². The summed E-state index contributed by atoms with van der Waals surface area (Å²) in [6, 6.07) is 5.69. The largest absolute Gasteiger partial charge is 0.360 e. The first-order valence-electron chi connectivity index (χ1n) is 12.0. The van der Waals surface area contributed by atoms with Crippen LogP contribution in [0, 0.1) is 18.8 Å². The number of piperidine rings is 1. The molecule has 0 spiro atoms. The van der Waals surface area contributed by atoms with E-state index in [1.54, 1.807) is 6.92 Å². The lowest BCUT2D eigenvalue weighted by Crippen LogP contribution is -2.41. The van der Waals surface area contributed by atoms with Gasteiger partial charge >= 0.3 is 0 Å². The highest BCUT2D eigenvalue weighted by atomic mass is 35.5. The number of benzene rings is 1. The molecule has 1 saturated heterocycles. The maximum absolute atomic E-state index is 13.6. The first kappa shape index (κ1) is 22.4. The minimum atomic E-state index is -0.0699. The second-order valence-electron chi connectivity index (χ2n) is 9.78. The summed E-state index contributed by atoms with van der Waals surface area (Å²) in [4.78, 5) is 28.6. The molecule has 2 atom stereocenters. The number of amides is 1. The zero-order valence-corrected chi connectivity index (χ0v) is 20.0. The highest BCUT2D eigenvalue weighted by Crippen LogP contribution is 2.37. The van der Waals surface area contributed by atoms with Crippen LogP contribution < -0.4 is 10.9 Å². The van der Waals surface area contributed by atoms with Crippen molar-refractivity contribution in [2.45, 2.75) is 51.5 Å². The van der Waals surface area contributed by atoms with Gasteiger partial charge in [-0.3, -0.25) is 9.59 Å². The molecular weight excluding hydrogens is 440 g/mol.